The number of ether oxygens (including phenoxy) is 1. The van der Waals surface area contributed by atoms with Crippen molar-refractivity contribution in [3.05, 3.63) is 35.4 Å². The Hall–Kier alpha value is -1.53. The van der Waals surface area contributed by atoms with Gasteiger partial charge in [0.05, 0.1) is 13.2 Å². The van der Waals surface area contributed by atoms with Gasteiger partial charge in [-0.3, -0.25) is 4.79 Å². The van der Waals surface area contributed by atoms with Crippen molar-refractivity contribution in [2.24, 2.45) is 0 Å². The summed E-state index contributed by atoms with van der Waals surface area (Å²) in [6.45, 7) is 1.45. The molecule has 0 saturated carbocycles. The Labute approximate surface area is 111 Å². The first-order valence-electron chi connectivity index (χ1n) is 6.04. The fourth-order valence-corrected chi connectivity index (χ4v) is 1.54. The highest BCUT2D eigenvalue weighted by molar-refractivity contribution is 5.77. The van der Waals surface area contributed by atoms with E-state index in [0.29, 0.717) is 13.2 Å². The Bertz CT molecular complexity index is 393. The van der Waals surface area contributed by atoms with Crippen molar-refractivity contribution >= 4 is 5.91 Å². The van der Waals surface area contributed by atoms with Gasteiger partial charge in [-0.1, -0.05) is 6.07 Å². The van der Waals surface area contributed by atoms with Gasteiger partial charge < -0.3 is 15.4 Å². The molecular formula is C13H18F2N2O2. The number of nitrogens with one attached hydrogen (secondary N) is 2. The van der Waals surface area contributed by atoms with Gasteiger partial charge in [-0.25, -0.2) is 8.78 Å². The van der Waals surface area contributed by atoms with Gasteiger partial charge in [-0.05, 0) is 18.6 Å². The van der Waals surface area contributed by atoms with Crippen molar-refractivity contribution in [1.29, 1.82) is 0 Å². The van der Waals surface area contributed by atoms with Crippen LogP contribution in [0.1, 0.15) is 5.56 Å². The summed E-state index contributed by atoms with van der Waals surface area (Å²) in [4.78, 5) is 11.4. The lowest BCUT2D eigenvalue weighted by atomic mass is 10.1. The maximum Gasteiger partial charge on any atom is 0.233 e. The summed E-state index contributed by atoms with van der Waals surface area (Å²) in [6, 6.07) is 3.71. The van der Waals surface area contributed by atoms with Crippen LogP contribution in [0.3, 0.4) is 0 Å². The van der Waals surface area contributed by atoms with Crippen LogP contribution in [-0.4, -0.2) is 39.3 Å². The van der Waals surface area contributed by atoms with E-state index < -0.39 is 11.6 Å². The molecule has 106 valence electrons. The van der Waals surface area contributed by atoms with Crippen LogP contribution >= 0.6 is 0 Å². The number of benzene rings is 1. The van der Waals surface area contributed by atoms with E-state index in [-0.39, 0.29) is 31.0 Å². The summed E-state index contributed by atoms with van der Waals surface area (Å²) in [7, 11) is 1.57. The lowest BCUT2D eigenvalue weighted by molar-refractivity contribution is -0.120. The molecule has 0 atom stereocenters. The Morgan fingerprint density at radius 3 is 2.58 bits per heavy atom. The molecule has 2 N–H and O–H groups in total. The number of carbonyl (C=O) groups excluding carboxylic acids is 1. The molecule has 0 unspecified atom stereocenters. The predicted octanol–water partition coefficient (Wildman–Crippen LogP) is 0.860. The van der Waals surface area contributed by atoms with Crippen LogP contribution in [0.15, 0.2) is 18.2 Å². The Morgan fingerprint density at radius 1 is 1.26 bits per heavy atom. The second-order valence-electron chi connectivity index (χ2n) is 3.97. The van der Waals surface area contributed by atoms with E-state index >= 15 is 0 Å². The highest BCUT2D eigenvalue weighted by Crippen LogP contribution is 2.11. The van der Waals surface area contributed by atoms with Crippen LogP contribution in [0.4, 0.5) is 8.78 Å². The van der Waals surface area contributed by atoms with E-state index in [4.69, 9.17) is 4.74 Å². The molecule has 0 bridgehead atoms. The number of hydrogen-bond donors (Lipinski definition) is 2. The third-order valence-corrected chi connectivity index (χ3v) is 2.53. The van der Waals surface area contributed by atoms with Crippen LogP contribution in [-0.2, 0) is 16.0 Å². The number of rotatable bonds is 8. The van der Waals surface area contributed by atoms with Gasteiger partial charge in [0.2, 0.25) is 5.91 Å². The van der Waals surface area contributed by atoms with Crippen molar-refractivity contribution in [3.8, 4) is 0 Å². The first-order chi connectivity index (χ1) is 9.15. The molecule has 19 heavy (non-hydrogen) atoms. The summed E-state index contributed by atoms with van der Waals surface area (Å²) in [5, 5.41) is 5.46. The fourth-order valence-electron chi connectivity index (χ4n) is 1.54. The van der Waals surface area contributed by atoms with Crippen LogP contribution in [0.25, 0.3) is 0 Å². The van der Waals surface area contributed by atoms with Gasteiger partial charge in [0.15, 0.2) is 0 Å². The van der Waals surface area contributed by atoms with Crippen molar-refractivity contribution in [1.82, 2.24) is 10.6 Å². The molecular weight excluding hydrogens is 254 g/mol. The average Bonchev–Trinajstić information content (AvgIpc) is 2.38. The SMILES string of the molecule is COCCNCC(=O)NCCc1c(F)cccc1F. The zero-order valence-electron chi connectivity index (χ0n) is 10.8. The summed E-state index contributed by atoms with van der Waals surface area (Å²) < 4.78 is 31.4. The average molecular weight is 272 g/mol. The van der Waals surface area contributed by atoms with E-state index in [1.54, 1.807) is 7.11 Å². The van der Waals surface area contributed by atoms with Crippen molar-refractivity contribution in [2.45, 2.75) is 6.42 Å². The first-order valence-corrected chi connectivity index (χ1v) is 6.04. The standard InChI is InChI=1S/C13H18F2N2O2/c1-19-8-7-16-9-13(18)17-6-5-10-11(14)3-2-4-12(10)15/h2-4,16H,5-9H2,1H3,(H,17,18). The van der Waals surface area contributed by atoms with Crippen LogP contribution < -0.4 is 10.6 Å². The highest BCUT2D eigenvalue weighted by Gasteiger charge is 2.08. The van der Waals surface area contributed by atoms with Crippen molar-refractivity contribution in [2.75, 3.05) is 33.4 Å². The minimum Gasteiger partial charge on any atom is -0.383 e. The molecule has 0 fully saturated rings. The topological polar surface area (TPSA) is 50.4 Å². The predicted molar refractivity (Wildman–Crippen MR) is 67.8 cm³/mol. The minimum absolute atomic E-state index is 0.00450. The van der Waals surface area contributed by atoms with Crippen molar-refractivity contribution in [3.63, 3.8) is 0 Å². The fraction of sp³-hybridized carbons (Fsp3) is 0.462. The number of hydrogen-bond acceptors (Lipinski definition) is 3. The first kappa shape index (κ1) is 15.5. The molecule has 1 aromatic carbocycles. The smallest absolute Gasteiger partial charge is 0.233 e. The second kappa shape index (κ2) is 8.55. The van der Waals surface area contributed by atoms with Gasteiger partial charge in [-0.15, -0.1) is 0 Å². The molecule has 0 saturated heterocycles. The molecule has 1 aromatic rings. The number of carbonyl (C=O) groups is 1. The van der Waals surface area contributed by atoms with Crippen molar-refractivity contribution < 1.29 is 18.3 Å². The van der Waals surface area contributed by atoms with E-state index in [1.807, 2.05) is 0 Å². The molecule has 1 rings (SSSR count). The highest BCUT2D eigenvalue weighted by atomic mass is 19.1. The number of methoxy groups -OCH3 is 1. The molecule has 0 aliphatic carbocycles. The monoisotopic (exact) mass is 272 g/mol. The summed E-state index contributed by atoms with van der Waals surface area (Å²) in [5.41, 5.74) is -0.00450. The number of amides is 1. The Balaban J connectivity index is 2.24. The molecule has 0 heterocycles. The molecule has 4 nitrogen and oxygen atoms in total. The molecule has 0 aromatic heterocycles. The molecule has 6 heteroatoms. The number of halogens is 2. The zero-order valence-corrected chi connectivity index (χ0v) is 10.8. The summed E-state index contributed by atoms with van der Waals surface area (Å²) in [5.74, 6) is -1.40. The van der Waals surface area contributed by atoms with Gasteiger partial charge >= 0.3 is 0 Å². The quantitative estimate of drug-likeness (QED) is 0.690. The molecule has 0 spiro atoms. The summed E-state index contributed by atoms with van der Waals surface area (Å²) in [6.07, 6.45) is 0.127. The Morgan fingerprint density at radius 2 is 1.95 bits per heavy atom. The normalized spacial score (nSPS) is 10.5. The lowest BCUT2D eigenvalue weighted by Crippen LogP contribution is -2.36. The van der Waals surface area contributed by atoms with E-state index in [1.165, 1.54) is 18.2 Å². The van der Waals surface area contributed by atoms with E-state index in [9.17, 15) is 13.6 Å². The minimum atomic E-state index is -0.590. The van der Waals surface area contributed by atoms with Gasteiger partial charge in [0, 0.05) is 25.8 Å². The third-order valence-electron chi connectivity index (χ3n) is 2.53. The second-order valence-corrected chi connectivity index (χ2v) is 3.97. The Kier molecular flexibility index (Phi) is 6.99. The molecule has 0 aliphatic rings. The van der Waals surface area contributed by atoms with E-state index in [2.05, 4.69) is 10.6 Å². The molecule has 0 aliphatic heterocycles. The largest absolute Gasteiger partial charge is 0.383 e. The van der Waals surface area contributed by atoms with Crippen LogP contribution in [0.2, 0.25) is 0 Å². The maximum absolute atomic E-state index is 13.3. The van der Waals surface area contributed by atoms with Gasteiger partial charge in [0.1, 0.15) is 11.6 Å². The maximum atomic E-state index is 13.3. The van der Waals surface area contributed by atoms with Gasteiger partial charge in [-0.2, -0.15) is 0 Å². The third kappa shape index (κ3) is 5.76. The molecule has 1 amide bonds. The van der Waals surface area contributed by atoms with Gasteiger partial charge in [0.25, 0.3) is 0 Å². The zero-order chi connectivity index (χ0) is 14.1. The lowest BCUT2D eigenvalue weighted by Gasteiger charge is -2.07. The van der Waals surface area contributed by atoms with Crippen LogP contribution in [0.5, 0.6) is 0 Å². The van der Waals surface area contributed by atoms with Crippen LogP contribution in [0, 0.1) is 11.6 Å². The van der Waals surface area contributed by atoms with E-state index in [0.717, 1.165) is 0 Å². The summed E-state index contributed by atoms with van der Waals surface area (Å²) >= 11 is 0. The molecule has 0 radical (unpaired) electrons.